The summed E-state index contributed by atoms with van der Waals surface area (Å²) in [6.07, 6.45) is 0.695. The molecule has 0 bridgehead atoms. The van der Waals surface area contributed by atoms with Gasteiger partial charge in [0.15, 0.2) is 0 Å². The van der Waals surface area contributed by atoms with Gasteiger partial charge in [-0.25, -0.2) is 4.39 Å². The first kappa shape index (κ1) is 14.4. The minimum atomic E-state index is -0.322. The Morgan fingerprint density at radius 1 is 1.35 bits per heavy atom. The van der Waals surface area contributed by atoms with Crippen molar-refractivity contribution in [2.45, 2.75) is 32.9 Å². The van der Waals surface area contributed by atoms with Crippen molar-refractivity contribution in [3.05, 3.63) is 34.6 Å². The fourth-order valence-corrected chi connectivity index (χ4v) is 2.02. The Hall–Kier alpha value is -0.640. The van der Waals surface area contributed by atoms with Crippen LogP contribution in [0, 0.1) is 11.7 Å². The molecule has 17 heavy (non-hydrogen) atoms. The highest BCUT2D eigenvalue weighted by molar-refractivity contribution is 6.30. The van der Waals surface area contributed by atoms with Crippen LogP contribution < -0.4 is 5.32 Å². The van der Waals surface area contributed by atoms with Gasteiger partial charge in [-0.3, -0.25) is 0 Å². The summed E-state index contributed by atoms with van der Waals surface area (Å²) >= 11 is 5.78. The van der Waals surface area contributed by atoms with Gasteiger partial charge in [0.05, 0.1) is 0 Å². The van der Waals surface area contributed by atoms with E-state index in [1.54, 1.807) is 6.07 Å². The first-order chi connectivity index (χ1) is 8.02. The van der Waals surface area contributed by atoms with E-state index in [9.17, 15) is 4.39 Å². The molecule has 0 saturated carbocycles. The van der Waals surface area contributed by atoms with Gasteiger partial charge >= 0.3 is 0 Å². The molecule has 0 aliphatic carbocycles. The molecule has 0 heterocycles. The van der Waals surface area contributed by atoms with E-state index < -0.39 is 0 Å². The van der Waals surface area contributed by atoms with Crippen molar-refractivity contribution < 1.29 is 9.50 Å². The van der Waals surface area contributed by atoms with Crippen LogP contribution in [0.4, 0.5) is 4.39 Å². The Bertz CT molecular complexity index is 337. The van der Waals surface area contributed by atoms with E-state index in [1.807, 2.05) is 0 Å². The number of halogens is 2. The zero-order valence-electron chi connectivity index (χ0n) is 10.2. The van der Waals surface area contributed by atoms with E-state index in [4.69, 9.17) is 16.7 Å². The van der Waals surface area contributed by atoms with Crippen molar-refractivity contribution in [3.8, 4) is 0 Å². The Kier molecular flexibility index (Phi) is 5.89. The SMILES string of the molecule is CC(C)C(CCO)NCc1cc(F)cc(Cl)c1. The van der Waals surface area contributed by atoms with Crippen molar-refractivity contribution in [2.75, 3.05) is 6.61 Å². The molecular formula is C13H19ClFNO. The van der Waals surface area contributed by atoms with Gasteiger partial charge in [-0.1, -0.05) is 25.4 Å². The average Bonchev–Trinajstić information content (AvgIpc) is 2.22. The summed E-state index contributed by atoms with van der Waals surface area (Å²) < 4.78 is 13.1. The minimum Gasteiger partial charge on any atom is -0.396 e. The second-order valence-corrected chi connectivity index (χ2v) is 4.96. The Morgan fingerprint density at radius 2 is 2.06 bits per heavy atom. The van der Waals surface area contributed by atoms with Gasteiger partial charge in [-0.2, -0.15) is 0 Å². The van der Waals surface area contributed by atoms with Crippen molar-refractivity contribution in [1.29, 1.82) is 0 Å². The summed E-state index contributed by atoms with van der Waals surface area (Å²) in [5.74, 6) is 0.101. The third-order valence-corrected chi connectivity index (χ3v) is 2.95. The van der Waals surface area contributed by atoms with Gasteiger partial charge in [0.25, 0.3) is 0 Å². The largest absolute Gasteiger partial charge is 0.396 e. The third kappa shape index (κ3) is 5.02. The fraction of sp³-hybridized carbons (Fsp3) is 0.538. The number of benzene rings is 1. The Balaban J connectivity index is 2.58. The van der Waals surface area contributed by atoms with Crippen LogP contribution in [0.3, 0.4) is 0 Å². The summed E-state index contributed by atoms with van der Waals surface area (Å²) in [7, 11) is 0. The van der Waals surface area contributed by atoms with Gasteiger partial charge in [-0.05, 0) is 36.1 Å². The van der Waals surface area contributed by atoms with Crippen LogP contribution in [0.1, 0.15) is 25.8 Å². The topological polar surface area (TPSA) is 32.3 Å². The second kappa shape index (κ2) is 6.94. The minimum absolute atomic E-state index is 0.153. The summed E-state index contributed by atoms with van der Waals surface area (Å²) in [4.78, 5) is 0. The average molecular weight is 260 g/mol. The number of hydrogen-bond donors (Lipinski definition) is 2. The highest BCUT2D eigenvalue weighted by Crippen LogP contribution is 2.15. The standard InChI is InChI=1S/C13H19ClFNO/c1-9(2)13(3-4-17)16-8-10-5-11(14)7-12(15)6-10/h5-7,9,13,16-17H,3-4,8H2,1-2H3. The molecule has 0 fully saturated rings. The molecule has 0 saturated heterocycles. The van der Waals surface area contributed by atoms with Gasteiger partial charge < -0.3 is 10.4 Å². The maximum atomic E-state index is 13.1. The highest BCUT2D eigenvalue weighted by atomic mass is 35.5. The van der Waals surface area contributed by atoms with Crippen LogP contribution >= 0.6 is 11.6 Å². The van der Waals surface area contributed by atoms with E-state index in [2.05, 4.69) is 19.2 Å². The van der Waals surface area contributed by atoms with E-state index in [1.165, 1.54) is 12.1 Å². The smallest absolute Gasteiger partial charge is 0.125 e. The molecular weight excluding hydrogens is 241 g/mol. The van der Waals surface area contributed by atoms with Gasteiger partial charge in [0.1, 0.15) is 5.82 Å². The molecule has 0 aliphatic rings. The van der Waals surface area contributed by atoms with Crippen LogP contribution in [0.25, 0.3) is 0 Å². The van der Waals surface area contributed by atoms with Crippen molar-refractivity contribution in [2.24, 2.45) is 5.92 Å². The molecule has 0 spiro atoms. The normalized spacial score (nSPS) is 13.1. The molecule has 2 nitrogen and oxygen atoms in total. The summed E-state index contributed by atoms with van der Waals surface area (Å²) in [5, 5.41) is 12.7. The molecule has 1 unspecified atom stereocenters. The van der Waals surface area contributed by atoms with Gasteiger partial charge in [0.2, 0.25) is 0 Å². The lowest BCUT2D eigenvalue weighted by atomic mass is 10.0. The van der Waals surface area contributed by atoms with Gasteiger partial charge in [-0.15, -0.1) is 0 Å². The van der Waals surface area contributed by atoms with Crippen molar-refractivity contribution in [3.63, 3.8) is 0 Å². The molecule has 0 amide bonds. The molecule has 1 rings (SSSR count). The van der Waals surface area contributed by atoms with E-state index in [0.29, 0.717) is 23.9 Å². The predicted molar refractivity (Wildman–Crippen MR) is 68.6 cm³/mol. The summed E-state index contributed by atoms with van der Waals surface area (Å²) in [6.45, 7) is 4.89. The quantitative estimate of drug-likeness (QED) is 0.823. The predicted octanol–water partition coefficient (Wildman–Crippen LogP) is 2.98. The first-order valence-corrected chi connectivity index (χ1v) is 6.20. The van der Waals surface area contributed by atoms with Crippen molar-refractivity contribution in [1.82, 2.24) is 5.32 Å². The Morgan fingerprint density at radius 3 is 2.59 bits per heavy atom. The fourth-order valence-electron chi connectivity index (χ4n) is 1.77. The van der Waals surface area contributed by atoms with E-state index >= 15 is 0 Å². The van der Waals surface area contributed by atoms with Crippen LogP contribution in [-0.2, 0) is 6.54 Å². The number of aliphatic hydroxyl groups excluding tert-OH is 1. The lowest BCUT2D eigenvalue weighted by Crippen LogP contribution is -2.34. The number of rotatable bonds is 6. The molecule has 1 aromatic carbocycles. The zero-order valence-corrected chi connectivity index (χ0v) is 11.0. The molecule has 0 aromatic heterocycles. The molecule has 4 heteroatoms. The van der Waals surface area contributed by atoms with Gasteiger partial charge in [0, 0.05) is 24.2 Å². The van der Waals surface area contributed by atoms with Crippen LogP contribution in [0.5, 0.6) is 0 Å². The van der Waals surface area contributed by atoms with Crippen molar-refractivity contribution >= 4 is 11.6 Å². The first-order valence-electron chi connectivity index (χ1n) is 5.82. The highest BCUT2D eigenvalue weighted by Gasteiger charge is 2.12. The zero-order chi connectivity index (χ0) is 12.8. The molecule has 2 N–H and O–H groups in total. The molecule has 0 radical (unpaired) electrons. The number of nitrogens with one attached hydrogen (secondary N) is 1. The maximum absolute atomic E-state index is 13.1. The molecule has 1 aromatic rings. The van der Waals surface area contributed by atoms with Crippen LogP contribution in [0.15, 0.2) is 18.2 Å². The lowest BCUT2D eigenvalue weighted by Gasteiger charge is -2.21. The number of hydrogen-bond acceptors (Lipinski definition) is 2. The number of aliphatic hydroxyl groups is 1. The van der Waals surface area contributed by atoms with Crippen LogP contribution in [0.2, 0.25) is 5.02 Å². The Labute approximate surface area is 107 Å². The summed E-state index contributed by atoms with van der Waals surface area (Å²) in [6, 6.07) is 4.73. The van der Waals surface area contributed by atoms with Crippen LogP contribution in [-0.4, -0.2) is 17.8 Å². The monoisotopic (exact) mass is 259 g/mol. The summed E-state index contributed by atoms with van der Waals surface area (Å²) in [5.41, 5.74) is 0.818. The molecule has 96 valence electrons. The van der Waals surface area contributed by atoms with E-state index in [0.717, 1.165) is 5.56 Å². The lowest BCUT2D eigenvalue weighted by molar-refractivity contribution is 0.244. The van der Waals surface area contributed by atoms with E-state index in [-0.39, 0.29) is 18.5 Å². The maximum Gasteiger partial charge on any atom is 0.125 e. The third-order valence-electron chi connectivity index (χ3n) is 2.74. The molecule has 0 aliphatic heterocycles. The molecule has 1 atom stereocenters. The second-order valence-electron chi connectivity index (χ2n) is 4.52.